The molecular formula is C16H17NO5. The van der Waals surface area contributed by atoms with Gasteiger partial charge in [0.25, 0.3) is 11.8 Å². The Kier molecular flexibility index (Phi) is 4.42. The molecule has 1 heterocycles. The maximum Gasteiger partial charge on any atom is 0.342 e. The molecule has 0 radical (unpaired) electrons. The second kappa shape index (κ2) is 6.11. The fraction of sp³-hybridized carbons (Fsp3) is 0.312. The first kappa shape index (κ1) is 15.9. The van der Waals surface area contributed by atoms with Crippen LogP contribution in [-0.2, 0) is 14.4 Å². The second-order valence-corrected chi connectivity index (χ2v) is 5.19. The molecule has 0 aromatic heterocycles. The normalized spacial score (nSPS) is 16.2. The number of amides is 2. The van der Waals surface area contributed by atoms with Crippen molar-refractivity contribution < 1.29 is 24.0 Å². The van der Waals surface area contributed by atoms with Crippen LogP contribution in [0.3, 0.4) is 0 Å². The van der Waals surface area contributed by atoms with Crippen molar-refractivity contribution in [2.75, 3.05) is 13.7 Å². The van der Waals surface area contributed by atoms with Crippen molar-refractivity contribution in [3.05, 3.63) is 48.0 Å². The molecule has 0 fully saturated rings. The fourth-order valence-electron chi connectivity index (χ4n) is 2.04. The fourth-order valence-corrected chi connectivity index (χ4v) is 2.04. The molecule has 0 N–H and O–H groups in total. The van der Waals surface area contributed by atoms with Crippen molar-refractivity contribution in [3.8, 4) is 0 Å². The monoisotopic (exact) mass is 303 g/mol. The minimum atomic E-state index is -1.05. The van der Waals surface area contributed by atoms with Gasteiger partial charge in [-0.2, -0.15) is 0 Å². The average molecular weight is 303 g/mol. The number of hydrogen-bond donors (Lipinski definition) is 0. The van der Waals surface area contributed by atoms with E-state index in [4.69, 9.17) is 9.57 Å². The first-order valence-corrected chi connectivity index (χ1v) is 6.77. The van der Waals surface area contributed by atoms with Gasteiger partial charge in [0.1, 0.15) is 0 Å². The molecule has 6 nitrogen and oxygen atoms in total. The van der Waals surface area contributed by atoms with Crippen LogP contribution in [0.1, 0.15) is 34.1 Å². The number of carbonyl (C=O) groups excluding carboxylic acids is 3. The molecule has 1 aromatic rings. The number of hydroxylamine groups is 2. The minimum absolute atomic E-state index is 0.220. The number of rotatable bonds is 6. The molecule has 22 heavy (non-hydrogen) atoms. The van der Waals surface area contributed by atoms with E-state index in [1.807, 2.05) is 0 Å². The van der Waals surface area contributed by atoms with Gasteiger partial charge in [0.15, 0.2) is 0 Å². The van der Waals surface area contributed by atoms with Crippen LogP contribution in [0.15, 0.2) is 36.9 Å². The minimum Gasteiger partial charge on any atom is -0.385 e. The molecule has 1 aliphatic heterocycles. The number of carbonyl (C=O) groups is 3. The molecule has 0 aliphatic carbocycles. The highest BCUT2D eigenvalue weighted by atomic mass is 16.7. The van der Waals surface area contributed by atoms with Crippen LogP contribution in [0.25, 0.3) is 0 Å². The van der Waals surface area contributed by atoms with Gasteiger partial charge in [0.05, 0.1) is 16.5 Å². The van der Waals surface area contributed by atoms with Crippen LogP contribution in [0.4, 0.5) is 0 Å². The van der Waals surface area contributed by atoms with Gasteiger partial charge < -0.3 is 9.57 Å². The SMILES string of the molecule is C=CC(C)(CCOC)C(=O)ON1C(=O)c2ccccc2C1=O. The highest BCUT2D eigenvalue weighted by molar-refractivity contribution is 6.20. The van der Waals surface area contributed by atoms with Gasteiger partial charge >= 0.3 is 5.97 Å². The lowest BCUT2D eigenvalue weighted by Gasteiger charge is -2.24. The zero-order valence-corrected chi connectivity index (χ0v) is 12.5. The molecule has 1 aromatic carbocycles. The third-order valence-corrected chi connectivity index (χ3v) is 3.67. The van der Waals surface area contributed by atoms with Crippen molar-refractivity contribution in [2.24, 2.45) is 5.41 Å². The van der Waals surface area contributed by atoms with E-state index in [-0.39, 0.29) is 11.1 Å². The van der Waals surface area contributed by atoms with Gasteiger partial charge in [-0.1, -0.05) is 23.3 Å². The second-order valence-electron chi connectivity index (χ2n) is 5.19. The topological polar surface area (TPSA) is 72.9 Å². The van der Waals surface area contributed by atoms with E-state index in [1.165, 1.54) is 25.3 Å². The summed E-state index contributed by atoms with van der Waals surface area (Å²) >= 11 is 0. The molecule has 6 heteroatoms. The summed E-state index contributed by atoms with van der Waals surface area (Å²) in [5.41, 5.74) is -0.610. The predicted octanol–water partition coefficient (Wildman–Crippen LogP) is 1.97. The van der Waals surface area contributed by atoms with Gasteiger partial charge in [-0.15, -0.1) is 6.58 Å². The van der Waals surface area contributed by atoms with Crippen LogP contribution >= 0.6 is 0 Å². The Morgan fingerprint density at radius 3 is 2.27 bits per heavy atom. The molecule has 1 unspecified atom stereocenters. The number of methoxy groups -OCH3 is 1. The van der Waals surface area contributed by atoms with E-state index in [0.29, 0.717) is 18.1 Å². The summed E-state index contributed by atoms with van der Waals surface area (Å²) in [7, 11) is 1.51. The van der Waals surface area contributed by atoms with E-state index in [0.717, 1.165) is 0 Å². The molecule has 2 amide bonds. The molecule has 1 atom stereocenters. The van der Waals surface area contributed by atoms with Crippen LogP contribution in [0.5, 0.6) is 0 Å². The zero-order chi connectivity index (χ0) is 16.3. The first-order valence-electron chi connectivity index (χ1n) is 6.77. The number of fused-ring (bicyclic) bond motifs is 1. The van der Waals surface area contributed by atoms with Crippen molar-refractivity contribution >= 4 is 17.8 Å². The summed E-state index contributed by atoms with van der Waals surface area (Å²) in [5.74, 6) is -2.02. The number of nitrogens with zero attached hydrogens (tertiary/aromatic N) is 1. The van der Waals surface area contributed by atoms with E-state index >= 15 is 0 Å². The zero-order valence-electron chi connectivity index (χ0n) is 12.5. The predicted molar refractivity (Wildman–Crippen MR) is 77.8 cm³/mol. The van der Waals surface area contributed by atoms with Crippen LogP contribution in [0.2, 0.25) is 0 Å². The molecule has 2 rings (SSSR count). The van der Waals surface area contributed by atoms with Gasteiger partial charge in [-0.3, -0.25) is 9.59 Å². The number of benzene rings is 1. The Hall–Kier alpha value is -2.47. The maximum absolute atomic E-state index is 12.3. The molecule has 0 bridgehead atoms. The molecular weight excluding hydrogens is 286 g/mol. The summed E-state index contributed by atoms with van der Waals surface area (Å²) in [6.45, 7) is 5.54. The highest BCUT2D eigenvalue weighted by Crippen LogP contribution is 2.28. The van der Waals surface area contributed by atoms with Crippen LogP contribution in [0, 0.1) is 5.41 Å². The Bertz CT molecular complexity index is 604. The molecule has 0 spiro atoms. The van der Waals surface area contributed by atoms with E-state index in [1.54, 1.807) is 19.1 Å². The molecule has 116 valence electrons. The van der Waals surface area contributed by atoms with E-state index < -0.39 is 23.2 Å². The lowest BCUT2D eigenvalue weighted by molar-refractivity contribution is -0.178. The van der Waals surface area contributed by atoms with Crippen molar-refractivity contribution in [3.63, 3.8) is 0 Å². The van der Waals surface area contributed by atoms with Gasteiger partial charge in [-0.25, -0.2) is 4.79 Å². The quantitative estimate of drug-likeness (QED) is 0.593. The summed E-state index contributed by atoms with van der Waals surface area (Å²) in [6, 6.07) is 6.31. The highest BCUT2D eigenvalue weighted by Gasteiger charge is 2.42. The third kappa shape index (κ3) is 2.65. The smallest absolute Gasteiger partial charge is 0.342 e. The molecule has 1 aliphatic rings. The first-order chi connectivity index (χ1) is 10.4. The van der Waals surface area contributed by atoms with E-state index in [2.05, 4.69) is 6.58 Å². The Labute approximate surface area is 128 Å². The summed E-state index contributed by atoms with van der Waals surface area (Å²) < 4.78 is 4.95. The Morgan fingerprint density at radius 2 is 1.82 bits per heavy atom. The van der Waals surface area contributed by atoms with Gasteiger partial charge in [0.2, 0.25) is 0 Å². The lowest BCUT2D eigenvalue weighted by atomic mass is 9.87. The van der Waals surface area contributed by atoms with Gasteiger partial charge in [-0.05, 0) is 25.5 Å². The van der Waals surface area contributed by atoms with Crippen LogP contribution < -0.4 is 0 Å². The molecule has 0 saturated heterocycles. The average Bonchev–Trinajstić information content (AvgIpc) is 2.78. The summed E-state index contributed by atoms with van der Waals surface area (Å²) in [6.07, 6.45) is 1.75. The number of imide groups is 1. The summed E-state index contributed by atoms with van der Waals surface area (Å²) in [4.78, 5) is 41.6. The van der Waals surface area contributed by atoms with Crippen molar-refractivity contribution in [2.45, 2.75) is 13.3 Å². The lowest BCUT2D eigenvalue weighted by Crippen LogP contribution is -2.39. The van der Waals surface area contributed by atoms with E-state index in [9.17, 15) is 14.4 Å². The summed E-state index contributed by atoms with van der Waals surface area (Å²) in [5, 5.41) is 0.502. The van der Waals surface area contributed by atoms with Crippen molar-refractivity contribution in [1.29, 1.82) is 0 Å². The van der Waals surface area contributed by atoms with Gasteiger partial charge in [0, 0.05) is 13.7 Å². The maximum atomic E-state index is 12.3. The van der Waals surface area contributed by atoms with Crippen LogP contribution in [-0.4, -0.2) is 36.6 Å². The number of ether oxygens (including phenoxy) is 1. The standard InChI is InChI=1S/C16H17NO5/c1-4-16(2,9-10-21-3)15(20)22-17-13(18)11-7-5-6-8-12(11)14(17)19/h4-8H,1,9-10H2,2-3H3. The Balaban J connectivity index is 2.18. The largest absolute Gasteiger partial charge is 0.385 e. The number of hydrogen-bond acceptors (Lipinski definition) is 5. The van der Waals surface area contributed by atoms with Crippen molar-refractivity contribution in [1.82, 2.24) is 5.06 Å². The third-order valence-electron chi connectivity index (χ3n) is 3.67. The molecule has 0 saturated carbocycles. The Morgan fingerprint density at radius 1 is 1.27 bits per heavy atom.